The van der Waals surface area contributed by atoms with Crippen molar-refractivity contribution in [1.82, 2.24) is 9.78 Å². The van der Waals surface area contributed by atoms with E-state index < -0.39 is 0 Å². The molecule has 1 fully saturated rings. The van der Waals surface area contributed by atoms with Crippen LogP contribution in [0.4, 0.5) is 5.69 Å². The lowest BCUT2D eigenvalue weighted by atomic mass is 9.92. The van der Waals surface area contributed by atoms with Crippen LogP contribution in [-0.4, -0.2) is 9.78 Å². The van der Waals surface area contributed by atoms with Gasteiger partial charge in [-0.15, -0.1) is 0 Å². The highest BCUT2D eigenvalue weighted by Gasteiger charge is 2.47. The zero-order chi connectivity index (χ0) is 11.2. The fourth-order valence-corrected chi connectivity index (χ4v) is 2.46. The fourth-order valence-electron chi connectivity index (χ4n) is 2.46. The van der Waals surface area contributed by atoms with Gasteiger partial charge in [-0.1, -0.05) is 12.1 Å². The predicted molar refractivity (Wildman–Crippen MR) is 64.1 cm³/mol. The zero-order valence-electron chi connectivity index (χ0n) is 9.35. The molecule has 0 aliphatic heterocycles. The maximum Gasteiger partial charge on any atom is 0.0492 e. The fraction of sp³-hybridized carbons (Fsp3) is 0.308. The quantitative estimate of drug-likeness (QED) is 0.776. The summed E-state index contributed by atoms with van der Waals surface area (Å²) in [4.78, 5) is 0. The number of rotatable bonds is 2. The number of hydrogen-bond acceptors (Lipinski definition) is 2. The van der Waals surface area contributed by atoms with Gasteiger partial charge >= 0.3 is 0 Å². The van der Waals surface area contributed by atoms with E-state index in [-0.39, 0.29) is 5.41 Å². The van der Waals surface area contributed by atoms with Gasteiger partial charge in [0, 0.05) is 30.0 Å². The molecular formula is C13H15N3. The second-order valence-electron chi connectivity index (χ2n) is 4.54. The maximum atomic E-state index is 5.72. The topological polar surface area (TPSA) is 43.8 Å². The van der Waals surface area contributed by atoms with E-state index in [4.69, 9.17) is 5.73 Å². The third kappa shape index (κ3) is 1.24. The molecule has 0 bridgehead atoms. The normalized spacial score (nSPS) is 17.3. The predicted octanol–water partition coefficient (Wildman–Crippen LogP) is 2.08. The number of benzene rings is 1. The highest BCUT2D eigenvalue weighted by Crippen LogP contribution is 2.53. The van der Waals surface area contributed by atoms with E-state index in [2.05, 4.69) is 23.3 Å². The van der Waals surface area contributed by atoms with Crippen molar-refractivity contribution in [2.24, 2.45) is 7.05 Å². The summed E-state index contributed by atoms with van der Waals surface area (Å²) in [6, 6.07) is 10.3. The molecule has 3 nitrogen and oxygen atoms in total. The molecule has 0 radical (unpaired) electrons. The summed E-state index contributed by atoms with van der Waals surface area (Å²) in [7, 11) is 2.01. The number of nitrogens with two attached hydrogens (primary N) is 1. The molecule has 0 amide bonds. The SMILES string of the molecule is Cn1nccc1C1(c2ccc(N)cc2)CC1. The van der Waals surface area contributed by atoms with E-state index in [1.165, 1.54) is 24.1 Å². The molecule has 1 aliphatic rings. The number of aryl methyl sites for hydroxylation is 1. The van der Waals surface area contributed by atoms with Gasteiger partial charge in [0.15, 0.2) is 0 Å². The molecule has 1 aromatic carbocycles. The number of nitrogen functional groups attached to an aromatic ring is 1. The minimum atomic E-state index is 0.193. The van der Waals surface area contributed by atoms with Gasteiger partial charge in [0.2, 0.25) is 0 Å². The molecule has 0 atom stereocenters. The molecule has 16 heavy (non-hydrogen) atoms. The van der Waals surface area contributed by atoms with Crippen molar-refractivity contribution in [1.29, 1.82) is 0 Å². The second-order valence-corrected chi connectivity index (χ2v) is 4.54. The van der Waals surface area contributed by atoms with E-state index in [0.717, 1.165) is 5.69 Å². The zero-order valence-corrected chi connectivity index (χ0v) is 9.35. The Hall–Kier alpha value is -1.77. The van der Waals surface area contributed by atoms with Crippen molar-refractivity contribution in [3.8, 4) is 0 Å². The van der Waals surface area contributed by atoms with Gasteiger partial charge in [0.05, 0.1) is 0 Å². The van der Waals surface area contributed by atoms with E-state index in [1.807, 2.05) is 30.1 Å². The van der Waals surface area contributed by atoms with Crippen LogP contribution >= 0.6 is 0 Å². The standard InChI is InChI=1S/C13H15N3/c1-16-12(6-9-15-16)13(7-8-13)10-2-4-11(14)5-3-10/h2-6,9H,7-8,14H2,1H3. The molecule has 2 aromatic rings. The van der Waals surface area contributed by atoms with Crippen LogP contribution in [0.15, 0.2) is 36.5 Å². The Balaban J connectivity index is 2.06. The molecule has 1 aliphatic carbocycles. The van der Waals surface area contributed by atoms with Gasteiger partial charge in [0.25, 0.3) is 0 Å². The van der Waals surface area contributed by atoms with Gasteiger partial charge < -0.3 is 5.73 Å². The molecule has 1 aromatic heterocycles. The largest absolute Gasteiger partial charge is 0.399 e. The number of hydrogen-bond donors (Lipinski definition) is 1. The van der Waals surface area contributed by atoms with Crippen molar-refractivity contribution < 1.29 is 0 Å². The molecule has 3 heteroatoms. The van der Waals surface area contributed by atoms with Gasteiger partial charge in [-0.3, -0.25) is 4.68 Å². The third-order valence-electron chi connectivity index (χ3n) is 3.52. The van der Waals surface area contributed by atoms with Crippen molar-refractivity contribution in [2.75, 3.05) is 5.73 Å². The van der Waals surface area contributed by atoms with Crippen LogP contribution in [-0.2, 0) is 12.5 Å². The minimum absolute atomic E-state index is 0.193. The summed E-state index contributed by atoms with van der Waals surface area (Å²) in [5.74, 6) is 0. The lowest BCUT2D eigenvalue weighted by Gasteiger charge is -2.16. The summed E-state index contributed by atoms with van der Waals surface area (Å²) >= 11 is 0. The Labute approximate surface area is 94.9 Å². The van der Waals surface area contributed by atoms with E-state index in [0.29, 0.717) is 0 Å². The Morgan fingerprint density at radius 2 is 1.88 bits per heavy atom. The molecule has 1 heterocycles. The molecule has 2 N–H and O–H groups in total. The lowest BCUT2D eigenvalue weighted by Crippen LogP contribution is -2.13. The average Bonchev–Trinajstić information content (AvgIpc) is 2.97. The van der Waals surface area contributed by atoms with Crippen LogP contribution in [0.5, 0.6) is 0 Å². The molecule has 3 rings (SSSR count). The molecule has 0 saturated heterocycles. The minimum Gasteiger partial charge on any atom is -0.399 e. The first-order valence-electron chi connectivity index (χ1n) is 5.57. The summed E-state index contributed by atoms with van der Waals surface area (Å²) in [5.41, 5.74) is 9.39. The molecule has 82 valence electrons. The Morgan fingerprint density at radius 1 is 1.19 bits per heavy atom. The molecule has 0 spiro atoms. The summed E-state index contributed by atoms with van der Waals surface area (Å²) in [6.45, 7) is 0. The van der Waals surface area contributed by atoms with Crippen molar-refractivity contribution in [3.63, 3.8) is 0 Å². The van der Waals surface area contributed by atoms with Crippen LogP contribution in [0.25, 0.3) is 0 Å². The molecule has 0 unspecified atom stereocenters. The number of anilines is 1. The maximum absolute atomic E-state index is 5.72. The highest BCUT2D eigenvalue weighted by molar-refractivity contribution is 5.47. The first-order chi connectivity index (χ1) is 7.72. The van der Waals surface area contributed by atoms with Crippen LogP contribution in [0.3, 0.4) is 0 Å². The van der Waals surface area contributed by atoms with Crippen molar-refractivity contribution >= 4 is 5.69 Å². The van der Waals surface area contributed by atoms with E-state index in [9.17, 15) is 0 Å². The van der Waals surface area contributed by atoms with Crippen molar-refractivity contribution in [2.45, 2.75) is 18.3 Å². The summed E-state index contributed by atoms with van der Waals surface area (Å²) < 4.78 is 1.98. The van der Waals surface area contributed by atoms with Crippen LogP contribution in [0, 0.1) is 0 Å². The van der Waals surface area contributed by atoms with E-state index >= 15 is 0 Å². The monoisotopic (exact) mass is 213 g/mol. The summed E-state index contributed by atoms with van der Waals surface area (Å²) in [5, 5.41) is 4.26. The Morgan fingerprint density at radius 3 is 2.38 bits per heavy atom. The lowest BCUT2D eigenvalue weighted by molar-refractivity contribution is 0.658. The number of nitrogens with zero attached hydrogens (tertiary/aromatic N) is 2. The third-order valence-corrected chi connectivity index (χ3v) is 3.52. The van der Waals surface area contributed by atoms with Gasteiger partial charge in [-0.25, -0.2) is 0 Å². The van der Waals surface area contributed by atoms with Crippen LogP contribution in [0.1, 0.15) is 24.1 Å². The number of aromatic nitrogens is 2. The first-order valence-corrected chi connectivity index (χ1v) is 5.57. The van der Waals surface area contributed by atoms with Crippen LogP contribution < -0.4 is 5.73 Å². The smallest absolute Gasteiger partial charge is 0.0492 e. The average molecular weight is 213 g/mol. The van der Waals surface area contributed by atoms with Crippen molar-refractivity contribution in [3.05, 3.63) is 47.8 Å². The van der Waals surface area contributed by atoms with Gasteiger partial charge in [-0.05, 0) is 36.6 Å². The first kappa shape index (κ1) is 9.46. The highest BCUT2D eigenvalue weighted by atomic mass is 15.3. The van der Waals surface area contributed by atoms with Gasteiger partial charge in [-0.2, -0.15) is 5.10 Å². The summed E-state index contributed by atoms with van der Waals surface area (Å²) in [6.07, 6.45) is 4.28. The Kier molecular flexibility index (Phi) is 1.84. The van der Waals surface area contributed by atoms with Crippen LogP contribution in [0.2, 0.25) is 0 Å². The molecule has 1 saturated carbocycles. The Bertz CT molecular complexity index is 506. The molecular weight excluding hydrogens is 198 g/mol. The second kappa shape index (κ2) is 3.11. The van der Waals surface area contributed by atoms with E-state index in [1.54, 1.807) is 0 Å². The van der Waals surface area contributed by atoms with Gasteiger partial charge in [0.1, 0.15) is 0 Å².